The summed E-state index contributed by atoms with van der Waals surface area (Å²) in [7, 11) is 0. The van der Waals surface area contributed by atoms with Gasteiger partial charge in [0.25, 0.3) is 0 Å². The monoisotopic (exact) mass is 381 g/mol. The number of Topliss-reactive ketones (excluding diaryl/α,β-unsaturated/α-hetero) is 1. The van der Waals surface area contributed by atoms with E-state index >= 15 is 0 Å². The highest BCUT2D eigenvalue weighted by molar-refractivity contribution is 7.18. The Hall–Kier alpha value is -2.29. The van der Waals surface area contributed by atoms with Crippen LogP contribution in [-0.4, -0.2) is 37.2 Å². The lowest BCUT2D eigenvalue weighted by Crippen LogP contribution is -2.36. The number of ketones is 1. The highest BCUT2D eigenvalue weighted by Crippen LogP contribution is 2.44. The number of ether oxygens (including phenoxy) is 1. The zero-order valence-corrected chi connectivity index (χ0v) is 16.5. The fourth-order valence-electron chi connectivity index (χ4n) is 3.74. The van der Waals surface area contributed by atoms with Gasteiger partial charge in [0.15, 0.2) is 5.78 Å². The summed E-state index contributed by atoms with van der Waals surface area (Å²) in [5.41, 5.74) is 2.79. The Labute approximate surface area is 163 Å². The summed E-state index contributed by atoms with van der Waals surface area (Å²) in [6.45, 7) is 7.32. The van der Waals surface area contributed by atoms with Gasteiger partial charge in [0, 0.05) is 25.1 Å². The molecule has 1 fully saturated rings. The van der Waals surface area contributed by atoms with E-state index in [0.29, 0.717) is 19.6 Å². The van der Waals surface area contributed by atoms with Gasteiger partial charge in [0.1, 0.15) is 10.8 Å². The zero-order chi connectivity index (χ0) is 19.0. The summed E-state index contributed by atoms with van der Waals surface area (Å²) in [5.74, 6) is 6.96. The molecule has 0 bridgehead atoms. The Bertz CT molecular complexity index is 942. The van der Waals surface area contributed by atoms with Crippen LogP contribution in [0, 0.1) is 17.3 Å². The smallest absolute Gasteiger partial charge is 0.173 e. The summed E-state index contributed by atoms with van der Waals surface area (Å²) in [6.07, 6.45) is 1.45. The van der Waals surface area contributed by atoms with Crippen molar-refractivity contribution in [3.63, 3.8) is 0 Å². The summed E-state index contributed by atoms with van der Waals surface area (Å²) in [4.78, 5) is 15.9. The number of phenols is 1. The number of aromatic hydroxyl groups is 1. The van der Waals surface area contributed by atoms with Gasteiger partial charge in [-0.3, -0.25) is 4.79 Å². The molecule has 1 N–H and O–H groups in total. The van der Waals surface area contributed by atoms with E-state index < -0.39 is 0 Å². The average molecular weight is 381 g/mol. The molecule has 1 aromatic carbocycles. The van der Waals surface area contributed by atoms with E-state index in [1.165, 1.54) is 0 Å². The van der Waals surface area contributed by atoms with Crippen molar-refractivity contribution < 1.29 is 14.6 Å². The third-order valence-electron chi connectivity index (χ3n) is 5.01. The molecule has 0 amide bonds. The lowest BCUT2D eigenvalue weighted by molar-refractivity contribution is 0.0917. The van der Waals surface area contributed by atoms with Crippen molar-refractivity contribution in [2.24, 2.45) is 5.41 Å². The van der Waals surface area contributed by atoms with Crippen molar-refractivity contribution in [1.29, 1.82) is 0 Å². The number of rotatable bonds is 1. The van der Waals surface area contributed by atoms with Crippen molar-refractivity contribution in [3.8, 4) is 17.6 Å². The number of hydrogen-bond acceptors (Lipinski definition) is 5. The molecule has 0 saturated carbocycles. The van der Waals surface area contributed by atoms with Gasteiger partial charge in [0.2, 0.25) is 0 Å². The van der Waals surface area contributed by atoms with E-state index in [2.05, 4.69) is 30.6 Å². The Morgan fingerprint density at radius 2 is 1.96 bits per heavy atom. The van der Waals surface area contributed by atoms with Crippen LogP contribution in [-0.2, 0) is 11.2 Å². The van der Waals surface area contributed by atoms with E-state index in [-0.39, 0.29) is 16.9 Å². The van der Waals surface area contributed by atoms with Crippen LogP contribution in [0.4, 0.5) is 5.00 Å². The third-order valence-corrected chi connectivity index (χ3v) is 6.35. The predicted octanol–water partition coefficient (Wildman–Crippen LogP) is 3.85. The number of phenolic OH excluding ortho intramolecular Hbond substituents is 1. The third kappa shape index (κ3) is 3.73. The van der Waals surface area contributed by atoms with Crippen molar-refractivity contribution >= 4 is 22.1 Å². The molecule has 1 aliphatic heterocycles. The van der Waals surface area contributed by atoms with Gasteiger partial charge in [-0.25, -0.2) is 0 Å². The number of carbonyl (C=O) groups excluding carboxylic acids is 1. The lowest BCUT2D eigenvalue weighted by atomic mass is 9.75. The normalized spacial score (nSPS) is 18.6. The molecule has 0 spiro atoms. The molecule has 4 rings (SSSR count). The van der Waals surface area contributed by atoms with Gasteiger partial charge < -0.3 is 14.7 Å². The Morgan fingerprint density at radius 3 is 2.70 bits per heavy atom. The Kier molecular flexibility index (Phi) is 4.71. The van der Waals surface area contributed by atoms with Crippen LogP contribution >= 0.6 is 11.3 Å². The van der Waals surface area contributed by atoms with Crippen LogP contribution < -0.4 is 4.90 Å². The Balaban J connectivity index is 1.81. The Morgan fingerprint density at radius 1 is 1.19 bits per heavy atom. The summed E-state index contributed by atoms with van der Waals surface area (Å²) < 4.78 is 5.49. The van der Waals surface area contributed by atoms with Crippen molar-refractivity contribution in [2.45, 2.75) is 26.7 Å². The molecule has 0 unspecified atom stereocenters. The molecule has 2 aromatic rings. The number of fused-ring (bicyclic) bond motifs is 1. The summed E-state index contributed by atoms with van der Waals surface area (Å²) in [6, 6.07) is 6.97. The molecular weight excluding hydrogens is 358 g/mol. The minimum absolute atomic E-state index is 0.0467. The van der Waals surface area contributed by atoms with Gasteiger partial charge in [-0.15, -0.1) is 11.3 Å². The van der Waals surface area contributed by atoms with Crippen LogP contribution in [0.25, 0.3) is 0 Å². The van der Waals surface area contributed by atoms with Crippen molar-refractivity contribution in [2.75, 3.05) is 31.2 Å². The maximum Gasteiger partial charge on any atom is 0.173 e. The molecular formula is C22H23NO3S. The second-order valence-electron chi connectivity index (χ2n) is 7.93. The quantitative estimate of drug-likeness (QED) is 0.763. The van der Waals surface area contributed by atoms with Crippen molar-refractivity contribution in [3.05, 3.63) is 45.8 Å². The van der Waals surface area contributed by atoms with E-state index in [1.807, 2.05) is 6.07 Å². The molecule has 5 heteroatoms. The second-order valence-corrected chi connectivity index (χ2v) is 8.93. The predicted molar refractivity (Wildman–Crippen MR) is 108 cm³/mol. The summed E-state index contributed by atoms with van der Waals surface area (Å²) >= 11 is 1.58. The molecule has 2 aliphatic rings. The average Bonchev–Trinajstić information content (AvgIpc) is 2.98. The van der Waals surface area contributed by atoms with Crippen LogP contribution in [0.5, 0.6) is 5.75 Å². The fraction of sp³-hybridized carbons (Fsp3) is 0.409. The first-order valence-electron chi connectivity index (χ1n) is 9.25. The molecule has 0 atom stereocenters. The van der Waals surface area contributed by atoms with Gasteiger partial charge in [0.05, 0.1) is 23.7 Å². The molecule has 27 heavy (non-hydrogen) atoms. The fourth-order valence-corrected chi connectivity index (χ4v) is 5.00. The van der Waals surface area contributed by atoms with Crippen LogP contribution in [0.1, 0.15) is 46.6 Å². The molecule has 1 aromatic heterocycles. The second kappa shape index (κ2) is 7.03. The number of thiophene rings is 1. The standard InChI is InChI=1S/C22H23NO3S/c1-22(2)13-18-17(7-6-15-4-3-5-16(24)12-15)21(23-8-10-26-11-9-23)27-20(18)19(25)14-22/h3-5,12,24H,8-11,13-14H2,1-2H3. The largest absolute Gasteiger partial charge is 0.508 e. The van der Waals surface area contributed by atoms with E-state index in [1.54, 1.807) is 29.5 Å². The van der Waals surface area contributed by atoms with E-state index in [0.717, 1.165) is 46.1 Å². The molecule has 2 heterocycles. The van der Waals surface area contributed by atoms with Gasteiger partial charge in [-0.1, -0.05) is 31.8 Å². The first-order chi connectivity index (χ1) is 12.9. The minimum atomic E-state index is -0.0467. The topological polar surface area (TPSA) is 49.8 Å². The SMILES string of the molecule is CC1(C)CC(=O)c2sc(N3CCOCC3)c(C#Cc3cccc(O)c3)c2C1. The number of morpholine rings is 1. The molecule has 1 saturated heterocycles. The number of hydrogen-bond donors (Lipinski definition) is 1. The minimum Gasteiger partial charge on any atom is -0.508 e. The van der Waals surface area contributed by atoms with Gasteiger partial charge in [-0.05, 0) is 35.6 Å². The number of benzene rings is 1. The van der Waals surface area contributed by atoms with E-state index in [9.17, 15) is 9.90 Å². The van der Waals surface area contributed by atoms with Crippen LogP contribution in [0.15, 0.2) is 24.3 Å². The maximum absolute atomic E-state index is 12.8. The van der Waals surface area contributed by atoms with Gasteiger partial charge >= 0.3 is 0 Å². The molecule has 0 radical (unpaired) electrons. The number of anilines is 1. The van der Waals surface area contributed by atoms with Crippen molar-refractivity contribution in [1.82, 2.24) is 0 Å². The highest BCUT2D eigenvalue weighted by Gasteiger charge is 2.36. The highest BCUT2D eigenvalue weighted by atomic mass is 32.1. The summed E-state index contributed by atoms with van der Waals surface area (Å²) in [5, 5.41) is 10.8. The number of carbonyl (C=O) groups is 1. The number of nitrogens with zero attached hydrogens (tertiary/aromatic N) is 1. The molecule has 4 nitrogen and oxygen atoms in total. The first-order valence-corrected chi connectivity index (χ1v) is 10.1. The zero-order valence-electron chi connectivity index (χ0n) is 15.7. The van der Waals surface area contributed by atoms with E-state index in [4.69, 9.17) is 4.74 Å². The molecule has 140 valence electrons. The van der Waals surface area contributed by atoms with Crippen LogP contribution in [0.2, 0.25) is 0 Å². The lowest BCUT2D eigenvalue weighted by Gasteiger charge is -2.29. The molecule has 1 aliphatic carbocycles. The maximum atomic E-state index is 12.8. The van der Waals surface area contributed by atoms with Gasteiger partial charge in [-0.2, -0.15) is 0 Å². The first kappa shape index (κ1) is 18.1. The van der Waals surface area contributed by atoms with Crippen LogP contribution in [0.3, 0.4) is 0 Å².